The Morgan fingerprint density at radius 2 is 1.65 bits per heavy atom. The predicted molar refractivity (Wildman–Crippen MR) is 145 cm³/mol. The van der Waals surface area contributed by atoms with Gasteiger partial charge in [-0.1, -0.05) is 43.3 Å². The number of carbonyl (C=O) groups is 2. The van der Waals surface area contributed by atoms with Crippen LogP contribution in [0.1, 0.15) is 44.6 Å². The van der Waals surface area contributed by atoms with Crippen LogP contribution in [0.4, 0.5) is 0 Å². The zero-order chi connectivity index (χ0) is 25.2. The molecule has 2 aromatic carbocycles. The van der Waals surface area contributed by atoms with E-state index in [0.29, 0.717) is 43.0 Å². The minimum absolute atomic E-state index is 0. The molecule has 198 valence electrons. The Balaban J connectivity index is 0.00000320. The molecule has 1 amide bonds. The molecule has 8 heteroatoms. The summed E-state index contributed by atoms with van der Waals surface area (Å²) < 4.78 is 11.5. The van der Waals surface area contributed by atoms with Crippen LogP contribution in [0.15, 0.2) is 48.5 Å². The lowest BCUT2D eigenvalue weighted by Gasteiger charge is -2.27. The summed E-state index contributed by atoms with van der Waals surface area (Å²) in [5.74, 6) is 2.67. The van der Waals surface area contributed by atoms with E-state index in [2.05, 4.69) is 12.2 Å². The number of amidine groups is 1. The highest BCUT2D eigenvalue weighted by Gasteiger charge is 2.45. The summed E-state index contributed by atoms with van der Waals surface area (Å²) in [6.45, 7) is 3.14. The normalized spacial score (nSPS) is 27.9. The number of rotatable bonds is 9. The van der Waals surface area contributed by atoms with Crippen molar-refractivity contribution in [3.05, 3.63) is 54.1 Å². The highest BCUT2D eigenvalue weighted by molar-refractivity contribution is 5.95. The Labute approximate surface area is 224 Å². The van der Waals surface area contributed by atoms with Crippen molar-refractivity contribution in [2.24, 2.45) is 35.3 Å². The number of ether oxygens (including phenoxy) is 2. The summed E-state index contributed by atoms with van der Waals surface area (Å²) in [6, 6.07) is 15.1. The van der Waals surface area contributed by atoms with Gasteiger partial charge in [0.15, 0.2) is 0 Å². The molecule has 1 saturated heterocycles. The van der Waals surface area contributed by atoms with Gasteiger partial charge in [-0.05, 0) is 72.6 Å². The molecule has 4 unspecified atom stereocenters. The van der Waals surface area contributed by atoms with Crippen LogP contribution in [-0.2, 0) is 14.3 Å². The van der Waals surface area contributed by atoms with E-state index in [0.717, 1.165) is 22.8 Å². The van der Waals surface area contributed by atoms with Crippen molar-refractivity contribution in [3.63, 3.8) is 0 Å². The van der Waals surface area contributed by atoms with Gasteiger partial charge < -0.3 is 20.5 Å². The minimum Gasteiger partial charge on any atom is -0.491 e. The van der Waals surface area contributed by atoms with Crippen LogP contribution >= 0.6 is 12.4 Å². The smallest absolute Gasteiger partial charge is 0.306 e. The second kappa shape index (κ2) is 11.5. The average Bonchev–Trinajstić information content (AvgIpc) is 3.57. The van der Waals surface area contributed by atoms with Crippen molar-refractivity contribution in [1.29, 1.82) is 5.41 Å². The van der Waals surface area contributed by atoms with Crippen LogP contribution < -0.4 is 15.8 Å². The molecule has 3 aliphatic rings. The molecule has 1 aliphatic heterocycles. The van der Waals surface area contributed by atoms with Gasteiger partial charge >= 0.3 is 5.97 Å². The van der Waals surface area contributed by atoms with Gasteiger partial charge in [-0.3, -0.25) is 15.0 Å². The highest BCUT2D eigenvalue weighted by atomic mass is 35.5. The van der Waals surface area contributed by atoms with Crippen LogP contribution in [0, 0.1) is 35.0 Å². The first-order valence-electron chi connectivity index (χ1n) is 13.0. The summed E-state index contributed by atoms with van der Waals surface area (Å²) >= 11 is 0. The Morgan fingerprint density at radius 3 is 2.27 bits per heavy atom. The molecule has 6 atom stereocenters. The number of nitrogens with two attached hydrogens (primary N) is 1. The molecule has 0 aromatic heterocycles. The third kappa shape index (κ3) is 6.09. The first kappa shape index (κ1) is 27.0. The van der Waals surface area contributed by atoms with Crippen molar-refractivity contribution in [2.45, 2.75) is 45.1 Å². The molecule has 4 N–H and O–H groups in total. The number of benzene rings is 2. The number of carbonyl (C=O) groups excluding carboxylic acids is 2. The predicted octanol–water partition coefficient (Wildman–Crippen LogP) is 4.56. The van der Waals surface area contributed by atoms with Crippen LogP contribution in [0.3, 0.4) is 0 Å². The Bertz CT molecular complexity index is 1120. The van der Waals surface area contributed by atoms with Gasteiger partial charge in [0, 0.05) is 5.56 Å². The summed E-state index contributed by atoms with van der Waals surface area (Å²) in [7, 11) is 0. The fourth-order valence-corrected chi connectivity index (χ4v) is 6.33. The van der Waals surface area contributed by atoms with E-state index in [9.17, 15) is 9.59 Å². The topological polar surface area (TPSA) is 114 Å². The van der Waals surface area contributed by atoms with Gasteiger partial charge in [0.05, 0.1) is 25.0 Å². The van der Waals surface area contributed by atoms with E-state index in [4.69, 9.17) is 20.6 Å². The van der Waals surface area contributed by atoms with Gasteiger partial charge in [0.25, 0.3) is 0 Å². The first-order valence-corrected chi connectivity index (χ1v) is 13.0. The minimum atomic E-state index is -0.357. The summed E-state index contributed by atoms with van der Waals surface area (Å²) in [6.07, 6.45) is 4.57. The Morgan fingerprint density at radius 1 is 1.00 bits per heavy atom. The van der Waals surface area contributed by atoms with E-state index in [1.165, 1.54) is 19.3 Å². The maximum Gasteiger partial charge on any atom is 0.306 e. The summed E-state index contributed by atoms with van der Waals surface area (Å²) in [5, 5.41) is 10.5. The van der Waals surface area contributed by atoms with Gasteiger partial charge in [-0.25, -0.2) is 0 Å². The molecular formula is C29H36ClN3O4. The van der Waals surface area contributed by atoms with Crippen LogP contribution in [0.25, 0.3) is 11.1 Å². The number of hydrogen-bond acceptors (Lipinski definition) is 5. The van der Waals surface area contributed by atoms with E-state index in [1.807, 2.05) is 48.5 Å². The number of halogens is 1. The van der Waals surface area contributed by atoms with Crippen molar-refractivity contribution < 1.29 is 19.1 Å². The van der Waals surface area contributed by atoms with Crippen molar-refractivity contribution in [3.8, 4) is 16.9 Å². The summed E-state index contributed by atoms with van der Waals surface area (Å²) in [4.78, 5) is 24.9. The Hall–Kier alpha value is -3.06. The zero-order valence-electron chi connectivity index (χ0n) is 21.2. The fourth-order valence-electron chi connectivity index (χ4n) is 6.33. The van der Waals surface area contributed by atoms with E-state index < -0.39 is 0 Å². The van der Waals surface area contributed by atoms with Gasteiger partial charge in [-0.2, -0.15) is 0 Å². The zero-order valence-corrected chi connectivity index (χ0v) is 22.0. The lowest BCUT2D eigenvalue weighted by Crippen LogP contribution is -2.31. The third-order valence-corrected chi connectivity index (χ3v) is 8.51. The van der Waals surface area contributed by atoms with Gasteiger partial charge in [0.1, 0.15) is 18.2 Å². The largest absolute Gasteiger partial charge is 0.491 e. The summed E-state index contributed by atoms with van der Waals surface area (Å²) in [5.41, 5.74) is 8.27. The monoisotopic (exact) mass is 525 g/mol. The van der Waals surface area contributed by atoms with Crippen molar-refractivity contribution in [1.82, 2.24) is 5.32 Å². The standard InChI is InChI=1S/C29H35N3O4.ClH/c1-17-21-6-7-22(12-21)26(17)16-36-27(33)14-23-13-24(32-29(23)34)15-35-25-10-8-19(9-11-25)18-2-4-20(5-3-18)28(30)31;/h2-5,8-11,17,21-24,26H,6-7,12-16H2,1H3,(H3,30,31)(H,32,34);1H/t17?,21?,22?,23-,24-,26?;/m0./s1. The van der Waals surface area contributed by atoms with Crippen molar-refractivity contribution in [2.75, 3.05) is 13.2 Å². The Kier molecular flexibility index (Phi) is 8.42. The lowest BCUT2D eigenvalue weighted by molar-refractivity contribution is -0.148. The molecule has 3 fully saturated rings. The average molecular weight is 526 g/mol. The van der Waals surface area contributed by atoms with Gasteiger partial charge in [-0.15, -0.1) is 12.4 Å². The molecule has 37 heavy (non-hydrogen) atoms. The molecule has 5 rings (SSSR count). The second-order valence-corrected chi connectivity index (χ2v) is 10.7. The number of esters is 1. The van der Waals surface area contributed by atoms with Crippen LogP contribution in [0.2, 0.25) is 0 Å². The number of nitrogen functional groups attached to an aromatic ring is 1. The lowest BCUT2D eigenvalue weighted by atomic mass is 9.81. The first-order chi connectivity index (χ1) is 17.4. The number of hydrogen-bond donors (Lipinski definition) is 3. The van der Waals surface area contributed by atoms with E-state index in [1.54, 1.807) is 0 Å². The maximum absolute atomic E-state index is 12.5. The number of amides is 1. The number of nitrogens with one attached hydrogen (secondary N) is 2. The third-order valence-electron chi connectivity index (χ3n) is 8.51. The molecule has 0 radical (unpaired) electrons. The highest BCUT2D eigenvalue weighted by Crippen LogP contribution is 2.52. The molecule has 2 saturated carbocycles. The van der Waals surface area contributed by atoms with E-state index >= 15 is 0 Å². The maximum atomic E-state index is 12.5. The molecule has 0 spiro atoms. The second-order valence-electron chi connectivity index (χ2n) is 10.7. The molecule has 2 aliphatic carbocycles. The number of fused-ring (bicyclic) bond motifs is 2. The SMILES string of the molecule is CC1C2CCC(C2)C1COC(=O)C[C@@H]1C[C@@H](COc2ccc(-c3ccc(C(=N)N)cc3)cc2)NC1=O.Cl. The fraction of sp³-hybridized carbons (Fsp3) is 0.483. The van der Waals surface area contributed by atoms with Crippen LogP contribution in [0.5, 0.6) is 5.75 Å². The molecule has 2 bridgehead atoms. The molecular weight excluding hydrogens is 490 g/mol. The van der Waals surface area contributed by atoms with Crippen LogP contribution in [-0.4, -0.2) is 37.0 Å². The van der Waals surface area contributed by atoms with E-state index in [-0.39, 0.29) is 48.5 Å². The van der Waals surface area contributed by atoms with Gasteiger partial charge in [0.2, 0.25) is 5.91 Å². The quantitative estimate of drug-likeness (QED) is 0.252. The van der Waals surface area contributed by atoms with Crippen molar-refractivity contribution >= 4 is 30.1 Å². The molecule has 2 aromatic rings. The molecule has 7 nitrogen and oxygen atoms in total. The molecule has 1 heterocycles.